The largest absolute Gasteiger partial charge is 0.494 e. The summed E-state index contributed by atoms with van der Waals surface area (Å²) >= 11 is 0. The number of ether oxygens (including phenoxy) is 1. The first-order valence-corrected chi connectivity index (χ1v) is 10.4. The van der Waals surface area contributed by atoms with Crippen LogP contribution in [0.1, 0.15) is 50.5 Å². The van der Waals surface area contributed by atoms with Crippen molar-refractivity contribution in [1.82, 2.24) is 4.90 Å². The molecule has 0 heterocycles. The van der Waals surface area contributed by atoms with E-state index in [9.17, 15) is 4.79 Å². The lowest BCUT2D eigenvalue weighted by atomic mass is 10.0. The average Bonchev–Trinajstić information content (AvgIpc) is 2.71. The van der Waals surface area contributed by atoms with Crippen molar-refractivity contribution >= 4 is 11.7 Å². The van der Waals surface area contributed by atoms with Gasteiger partial charge in [-0.15, -0.1) is 0 Å². The fraction of sp³-hybridized carbons (Fsp3) is 0.458. The summed E-state index contributed by atoms with van der Waals surface area (Å²) < 4.78 is 5.78. The first-order valence-electron chi connectivity index (χ1n) is 10.4. The van der Waals surface area contributed by atoms with Gasteiger partial charge in [0.1, 0.15) is 5.75 Å². The topological polar surface area (TPSA) is 41.6 Å². The van der Waals surface area contributed by atoms with Gasteiger partial charge in [-0.3, -0.25) is 0 Å². The molecule has 2 rings (SSSR count). The highest BCUT2D eigenvalue weighted by molar-refractivity contribution is 5.88. The molecule has 4 nitrogen and oxygen atoms in total. The van der Waals surface area contributed by atoms with Gasteiger partial charge >= 0.3 is 6.03 Å². The predicted molar refractivity (Wildman–Crippen MR) is 117 cm³/mol. The molecule has 0 radical (unpaired) electrons. The Morgan fingerprint density at radius 3 is 2.07 bits per heavy atom. The second-order valence-corrected chi connectivity index (χ2v) is 7.41. The van der Waals surface area contributed by atoms with E-state index in [0.717, 1.165) is 24.5 Å². The van der Waals surface area contributed by atoms with Gasteiger partial charge < -0.3 is 15.0 Å². The molecule has 28 heavy (non-hydrogen) atoms. The smallest absolute Gasteiger partial charge is 0.321 e. The minimum atomic E-state index is -0.131. The summed E-state index contributed by atoms with van der Waals surface area (Å²) in [7, 11) is 3.44. The van der Waals surface area contributed by atoms with E-state index < -0.39 is 0 Å². The van der Waals surface area contributed by atoms with Crippen LogP contribution < -0.4 is 10.1 Å². The van der Waals surface area contributed by atoms with Crippen molar-refractivity contribution in [1.29, 1.82) is 0 Å². The Balaban J connectivity index is 1.45. The molecular weight excluding hydrogens is 348 g/mol. The van der Waals surface area contributed by atoms with Crippen LogP contribution in [0.2, 0.25) is 0 Å². The highest BCUT2D eigenvalue weighted by atomic mass is 16.5. The van der Waals surface area contributed by atoms with Gasteiger partial charge in [-0.25, -0.2) is 4.79 Å². The Morgan fingerprint density at radius 1 is 0.821 bits per heavy atom. The number of carbonyl (C=O) groups is 1. The number of nitrogens with one attached hydrogen (secondary N) is 1. The average molecular weight is 383 g/mol. The number of nitrogens with zero attached hydrogens (tertiary/aromatic N) is 1. The van der Waals surface area contributed by atoms with Crippen molar-refractivity contribution in [2.24, 2.45) is 0 Å². The summed E-state index contributed by atoms with van der Waals surface area (Å²) in [4.78, 5) is 13.1. The molecule has 0 saturated carbocycles. The van der Waals surface area contributed by atoms with Gasteiger partial charge in [-0.1, -0.05) is 62.4 Å². The molecule has 0 atom stereocenters. The summed E-state index contributed by atoms with van der Waals surface area (Å²) in [5.41, 5.74) is 2.23. The minimum Gasteiger partial charge on any atom is -0.494 e. The van der Waals surface area contributed by atoms with E-state index in [1.54, 1.807) is 14.1 Å². The molecule has 2 aromatic rings. The number of benzene rings is 2. The van der Waals surface area contributed by atoms with Crippen LogP contribution in [0, 0.1) is 0 Å². The van der Waals surface area contributed by atoms with Crippen LogP contribution in [0.4, 0.5) is 10.5 Å². The van der Waals surface area contributed by atoms with Crippen molar-refractivity contribution in [2.45, 2.75) is 51.4 Å². The van der Waals surface area contributed by atoms with E-state index >= 15 is 0 Å². The molecule has 4 heteroatoms. The number of amides is 2. The number of hydrogen-bond acceptors (Lipinski definition) is 2. The highest BCUT2D eigenvalue weighted by Crippen LogP contribution is 2.17. The number of unbranched alkanes of at least 4 members (excludes halogenated alkanes) is 6. The summed E-state index contributed by atoms with van der Waals surface area (Å²) in [6.45, 7) is 0.747. The van der Waals surface area contributed by atoms with Gasteiger partial charge in [0, 0.05) is 19.8 Å². The molecular formula is C24H34N2O2. The Labute approximate surface area is 169 Å². The van der Waals surface area contributed by atoms with Gasteiger partial charge in [0.2, 0.25) is 0 Å². The molecule has 2 amide bonds. The van der Waals surface area contributed by atoms with E-state index in [4.69, 9.17) is 4.74 Å². The summed E-state index contributed by atoms with van der Waals surface area (Å²) in [5, 5.41) is 2.81. The van der Waals surface area contributed by atoms with Crippen LogP contribution in [0.5, 0.6) is 5.75 Å². The third-order valence-electron chi connectivity index (χ3n) is 4.73. The second kappa shape index (κ2) is 12.8. The van der Waals surface area contributed by atoms with Gasteiger partial charge in [0.25, 0.3) is 0 Å². The lowest BCUT2D eigenvalue weighted by Gasteiger charge is -2.12. The number of urea groups is 1. The van der Waals surface area contributed by atoms with Crippen LogP contribution >= 0.6 is 0 Å². The third-order valence-corrected chi connectivity index (χ3v) is 4.73. The van der Waals surface area contributed by atoms with Crippen LogP contribution in [0.15, 0.2) is 54.6 Å². The molecule has 0 bridgehead atoms. The Hall–Kier alpha value is -2.49. The van der Waals surface area contributed by atoms with Crippen LogP contribution in [0.3, 0.4) is 0 Å². The SMILES string of the molecule is CN(C)C(=O)Nc1ccc(OCCCCCCCCCc2ccccc2)cc1. The van der Waals surface area contributed by atoms with E-state index in [1.807, 2.05) is 24.3 Å². The van der Waals surface area contributed by atoms with Crippen molar-refractivity contribution in [3.05, 3.63) is 60.2 Å². The highest BCUT2D eigenvalue weighted by Gasteiger charge is 2.03. The van der Waals surface area contributed by atoms with Crippen molar-refractivity contribution in [3.63, 3.8) is 0 Å². The van der Waals surface area contributed by atoms with Crippen LogP contribution in [0.25, 0.3) is 0 Å². The maximum Gasteiger partial charge on any atom is 0.321 e. The van der Waals surface area contributed by atoms with E-state index in [-0.39, 0.29) is 6.03 Å². The van der Waals surface area contributed by atoms with Gasteiger partial charge in [0.05, 0.1) is 6.61 Å². The number of hydrogen-bond donors (Lipinski definition) is 1. The number of carbonyl (C=O) groups excluding carboxylic acids is 1. The zero-order valence-electron chi connectivity index (χ0n) is 17.3. The predicted octanol–water partition coefficient (Wildman–Crippen LogP) is 6.13. The first-order chi connectivity index (χ1) is 13.6. The molecule has 0 unspecified atom stereocenters. The molecule has 0 fully saturated rings. The molecule has 152 valence electrons. The van der Waals surface area contributed by atoms with Gasteiger partial charge in [-0.05, 0) is 49.1 Å². The third kappa shape index (κ3) is 8.94. The molecule has 2 aromatic carbocycles. The minimum absolute atomic E-state index is 0.131. The second-order valence-electron chi connectivity index (χ2n) is 7.41. The Bertz CT molecular complexity index is 669. The zero-order valence-corrected chi connectivity index (χ0v) is 17.3. The zero-order chi connectivity index (χ0) is 20.0. The molecule has 1 N–H and O–H groups in total. The number of rotatable bonds is 12. The van der Waals surface area contributed by atoms with Crippen LogP contribution in [-0.4, -0.2) is 31.6 Å². The molecule has 0 aliphatic carbocycles. The van der Waals surface area contributed by atoms with E-state index in [2.05, 4.69) is 35.6 Å². The summed E-state index contributed by atoms with van der Waals surface area (Å²) in [6.07, 6.45) is 10.0. The molecule has 0 aromatic heterocycles. The monoisotopic (exact) mass is 382 g/mol. The fourth-order valence-electron chi connectivity index (χ4n) is 3.02. The molecule has 0 aliphatic rings. The maximum atomic E-state index is 11.6. The quantitative estimate of drug-likeness (QED) is 0.448. The van der Waals surface area contributed by atoms with E-state index in [1.165, 1.54) is 55.4 Å². The Morgan fingerprint density at radius 2 is 1.43 bits per heavy atom. The lowest BCUT2D eigenvalue weighted by Crippen LogP contribution is -2.27. The van der Waals surface area contributed by atoms with Gasteiger partial charge in [-0.2, -0.15) is 0 Å². The normalized spacial score (nSPS) is 10.5. The van der Waals surface area contributed by atoms with Crippen molar-refractivity contribution < 1.29 is 9.53 Å². The van der Waals surface area contributed by atoms with Crippen molar-refractivity contribution in [3.8, 4) is 5.75 Å². The van der Waals surface area contributed by atoms with Crippen LogP contribution in [-0.2, 0) is 6.42 Å². The fourth-order valence-corrected chi connectivity index (χ4v) is 3.02. The summed E-state index contributed by atoms with van der Waals surface area (Å²) in [5.74, 6) is 0.851. The number of anilines is 1. The number of aryl methyl sites for hydroxylation is 1. The van der Waals surface area contributed by atoms with E-state index in [0.29, 0.717) is 0 Å². The lowest BCUT2D eigenvalue weighted by molar-refractivity contribution is 0.230. The molecule has 0 saturated heterocycles. The molecule has 0 spiro atoms. The Kier molecular flexibility index (Phi) is 9.98. The maximum absolute atomic E-state index is 11.6. The standard InChI is InChI=1S/C24H34N2O2/c1-26(2)24(27)25-22-16-18-23(19-17-22)28-20-12-7-5-3-4-6-9-13-21-14-10-8-11-15-21/h8,10-11,14-19H,3-7,9,12-13,20H2,1-2H3,(H,25,27). The summed E-state index contributed by atoms with van der Waals surface area (Å²) in [6, 6.07) is 18.2. The molecule has 0 aliphatic heterocycles. The first kappa shape index (κ1) is 21.8. The van der Waals surface area contributed by atoms with Crippen molar-refractivity contribution in [2.75, 3.05) is 26.0 Å². The van der Waals surface area contributed by atoms with Gasteiger partial charge in [0.15, 0.2) is 0 Å².